The number of hydrogen-bond donors (Lipinski definition) is 0. The van der Waals surface area contributed by atoms with E-state index in [1.54, 1.807) is 0 Å². The van der Waals surface area contributed by atoms with Crippen LogP contribution in [-0.4, -0.2) is 17.5 Å². The second-order valence-corrected chi connectivity index (χ2v) is 7.24. The number of rotatable bonds is 3. The molecule has 0 unspecified atom stereocenters. The summed E-state index contributed by atoms with van der Waals surface area (Å²) in [7, 11) is 0. The third-order valence-corrected chi connectivity index (χ3v) is 7.17. The van der Waals surface area contributed by atoms with Gasteiger partial charge in [0, 0.05) is 24.7 Å². The highest BCUT2D eigenvalue weighted by atomic mass is 16.6. The summed E-state index contributed by atoms with van der Waals surface area (Å²) in [6.45, 7) is 1.49. The van der Waals surface area contributed by atoms with Crippen molar-refractivity contribution in [1.29, 1.82) is 0 Å². The standard InChI is InChI=1S/C17H14O4/c1-7(18)21-17-12-9-13(17)11-14(17)10(12)16(9,11)15(19)20-8-5-3-2-4-6-8/h2-6,9-14H,1H3. The molecule has 6 aliphatic carbocycles. The molecule has 21 heavy (non-hydrogen) atoms. The molecule has 0 spiro atoms. The first kappa shape index (κ1) is 10.8. The number of para-hydroxylation sites is 1. The van der Waals surface area contributed by atoms with Crippen LogP contribution in [0.3, 0.4) is 0 Å². The minimum atomic E-state index is -0.211. The van der Waals surface area contributed by atoms with E-state index >= 15 is 0 Å². The lowest BCUT2D eigenvalue weighted by atomic mass is 8.95. The highest BCUT2D eigenvalue weighted by molar-refractivity contribution is 5.90. The highest BCUT2D eigenvalue weighted by Crippen LogP contribution is 3.07. The summed E-state index contributed by atoms with van der Waals surface area (Å²) in [5.41, 5.74) is -0.363. The van der Waals surface area contributed by atoms with Gasteiger partial charge < -0.3 is 9.47 Å². The molecule has 6 saturated carbocycles. The van der Waals surface area contributed by atoms with Gasteiger partial charge in [0.25, 0.3) is 0 Å². The zero-order valence-corrected chi connectivity index (χ0v) is 11.5. The van der Waals surface area contributed by atoms with Gasteiger partial charge in [-0.15, -0.1) is 0 Å². The van der Waals surface area contributed by atoms with Crippen LogP contribution in [0.2, 0.25) is 0 Å². The second kappa shape index (κ2) is 2.74. The Morgan fingerprint density at radius 3 is 2.05 bits per heavy atom. The predicted molar refractivity (Wildman–Crippen MR) is 69.9 cm³/mol. The van der Waals surface area contributed by atoms with E-state index in [9.17, 15) is 9.59 Å². The molecule has 4 heteroatoms. The number of benzene rings is 1. The fourth-order valence-corrected chi connectivity index (χ4v) is 6.97. The Morgan fingerprint density at radius 2 is 1.52 bits per heavy atom. The highest BCUT2D eigenvalue weighted by Gasteiger charge is 3.13. The van der Waals surface area contributed by atoms with Crippen molar-refractivity contribution in [2.24, 2.45) is 40.9 Å². The first-order chi connectivity index (χ1) is 10.1. The van der Waals surface area contributed by atoms with E-state index in [2.05, 4.69) is 0 Å². The minimum Gasteiger partial charge on any atom is -0.458 e. The van der Waals surface area contributed by atoms with E-state index in [4.69, 9.17) is 9.47 Å². The van der Waals surface area contributed by atoms with Crippen LogP contribution in [-0.2, 0) is 14.3 Å². The summed E-state index contributed by atoms with van der Waals surface area (Å²) in [5.74, 6) is 3.03. The zero-order chi connectivity index (χ0) is 14.1. The van der Waals surface area contributed by atoms with Gasteiger partial charge in [-0.3, -0.25) is 9.59 Å². The van der Waals surface area contributed by atoms with E-state index in [0.29, 0.717) is 41.3 Å². The third kappa shape index (κ3) is 0.720. The van der Waals surface area contributed by atoms with Crippen molar-refractivity contribution in [3.05, 3.63) is 30.3 Å². The second-order valence-electron chi connectivity index (χ2n) is 7.24. The monoisotopic (exact) mass is 282 g/mol. The zero-order valence-electron chi connectivity index (χ0n) is 11.5. The molecule has 1 aromatic rings. The largest absolute Gasteiger partial charge is 0.458 e. The van der Waals surface area contributed by atoms with E-state index in [1.165, 1.54) is 6.92 Å². The van der Waals surface area contributed by atoms with Crippen LogP contribution in [0.15, 0.2) is 30.3 Å². The molecule has 0 aromatic heterocycles. The van der Waals surface area contributed by atoms with Crippen LogP contribution in [0, 0.1) is 40.9 Å². The lowest BCUT2D eigenvalue weighted by Gasteiger charge is -3.08. The number of carbonyl (C=O) groups is 2. The van der Waals surface area contributed by atoms with Crippen molar-refractivity contribution in [2.75, 3.05) is 0 Å². The Morgan fingerprint density at radius 1 is 0.952 bits per heavy atom. The number of esters is 2. The number of ether oxygens (including phenoxy) is 2. The quantitative estimate of drug-likeness (QED) is 0.625. The average molecular weight is 282 g/mol. The van der Waals surface area contributed by atoms with Gasteiger partial charge >= 0.3 is 11.9 Å². The summed E-state index contributed by atoms with van der Waals surface area (Å²) in [4.78, 5) is 23.9. The van der Waals surface area contributed by atoms with Crippen molar-refractivity contribution < 1.29 is 19.1 Å². The maximum absolute atomic E-state index is 12.6. The first-order valence-electron chi connectivity index (χ1n) is 7.62. The molecule has 0 heterocycles. The van der Waals surface area contributed by atoms with Crippen molar-refractivity contribution >= 4 is 11.9 Å². The Bertz CT molecular complexity index is 668. The molecule has 0 radical (unpaired) electrons. The number of carbonyl (C=O) groups excluding carboxylic acids is 2. The van der Waals surface area contributed by atoms with Crippen LogP contribution in [0.4, 0.5) is 0 Å². The van der Waals surface area contributed by atoms with E-state index in [-0.39, 0.29) is 23.0 Å². The molecule has 4 nitrogen and oxygen atoms in total. The Hall–Kier alpha value is -1.84. The fourth-order valence-electron chi connectivity index (χ4n) is 6.97. The summed E-state index contributed by atoms with van der Waals surface area (Å²) in [6.07, 6.45) is 0. The van der Waals surface area contributed by atoms with E-state index in [0.717, 1.165) is 0 Å². The molecule has 7 rings (SSSR count). The van der Waals surface area contributed by atoms with Gasteiger partial charge in [0.2, 0.25) is 0 Å². The molecular weight excluding hydrogens is 268 g/mol. The molecule has 0 atom stereocenters. The first-order valence-corrected chi connectivity index (χ1v) is 7.62. The molecule has 106 valence electrons. The predicted octanol–water partition coefficient (Wildman–Crippen LogP) is 1.65. The van der Waals surface area contributed by atoms with Crippen molar-refractivity contribution in [1.82, 2.24) is 0 Å². The minimum absolute atomic E-state index is 0.0476. The average Bonchev–Trinajstić information content (AvgIpc) is 2.48. The van der Waals surface area contributed by atoms with Gasteiger partial charge in [-0.05, 0) is 29.9 Å². The Labute approximate surface area is 121 Å². The topological polar surface area (TPSA) is 52.6 Å². The van der Waals surface area contributed by atoms with Crippen molar-refractivity contribution in [2.45, 2.75) is 12.5 Å². The van der Waals surface area contributed by atoms with Crippen LogP contribution < -0.4 is 4.74 Å². The van der Waals surface area contributed by atoms with Gasteiger partial charge in [0.15, 0.2) is 0 Å². The molecule has 0 amide bonds. The van der Waals surface area contributed by atoms with Gasteiger partial charge in [-0.25, -0.2) is 0 Å². The molecule has 0 saturated heterocycles. The van der Waals surface area contributed by atoms with Crippen molar-refractivity contribution in [3.8, 4) is 5.75 Å². The third-order valence-electron chi connectivity index (χ3n) is 7.17. The van der Waals surface area contributed by atoms with Gasteiger partial charge in [0.1, 0.15) is 11.4 Å². The van der Waals surface area contributed by atoms with Gasteiger partial charge in [0.05, 0.1) is 5.41 Å². The van der Waals surface area contributed by atoms with E-state index < -0.39 is 0 Å². The Balaban J connectivity index is 1.26. The lowest BCUT2D eigenvalue weighted by Crippen LogP contribution is -3.14. The summed E-state index contributed by atoms with van der Waals surface area (Å²) in [5, 5.41) is 0. The lowest BCUT2D eigenvalue weighted by molar-refractivity contribution is -0.645. The smallest absolute Gasteiger partial charge is 0.318 e. The van der Waals surface area contributed by atoms with Gasteiger partial charge in [-0.1, -0.05) is 18.2 Å². The molecule has 6 aliphatic rings. The maximum Gasteiger partial charge on any atom is 0.318 e. The van der Waals surface area contributed by atoms with Crippen molar-refractivity contribution in [3.63, 3.8) is 0 Å². The number of hydrogen-bond acceptors (Lipinski definition) is 4. The molecule has 6 fully saturated rings. The van der Waals surface area contributed by atoms with Crippen LogP contribution >= 0.6 is 0 Å². The fraction of sp³-hybridized carbons (Fsp3) is 0.529. The summed E-state index contributed by atoms with van der Waals surface area (Å²) >= 11 is 0. The molecular formula is C17H14O4. The normalized spacial score (nSPS) is 54.7. The maximum atomic E-state index is 12.6. The van der Waals surface area contributed by atoms with Gasteiger partial charge in [-0.2, -0.15) is 0 Å². The summed E-state index contributed by atoms with van der Waals surface area (Å²) < 4.78 is 11.2. The molecule has 0 N–H and O–H groups in total. The SMILES string of the molecule is CC(=O)OC12C3C4C1C1C2C3C41C(=O)Oc1ccccc1. The molecule has 1 aromatic carbocycles. The molecule has 0 aliphatic heterocycles. The van der Waals surface area contributed by atoms with Crippen LogP contribution in [0.5, 0.6) is 5.75 Å². The van der Waals surface area contributed by atoms with E-state index in [1.807, 2.05) is 30.3 Å². The van der Waals surface area contributed by atoms with Crippen LogP contribution in [0.1, 0.15) is 6.92 Å². The summed E-state index contributed by atoms with van der Waals surface area (Å²) in [6, 6.07) is 9.29. The molecule has 0 bridgehead atoms. The Kier molecular flexibility index (Phi) is 1.41. The van der Waals surface area contributed by atoms with Crippen LogP contribution in [0.25, 0.3) is 0 Å².